The molecule has 1 saturated heterocycles. The van der Waals surface area contributed by atoms with Crippen LogP contribution in [-0.2, 0) is 14.3 Å². The van der Waals surface area contributed by atoms with Crippen LogP contribution in [0.5, 0.6) is 0 Å². The number of rotatable bonds is 4. The van der Waals surface area contributed by atoms with Crippen molar-refractivity contribution >= 4 is 11.8 Å². The van der Waals surface area contributed by atoms with E-state index in [4.69, 9.17) is 4.74 Å². The summed E-state index contributed by atoms with van der Waals surface area (Å²) in [6, 6.07) is 0.567. The van der Waals surface area contributed by atoms with E-state index in [0.29, 0.717) is 37.2 Å². The molecule has 2 rings (SSSR count). The first-order valence-corrected chi connectivity index (χ1v) is 7.98. The molecule has 1 saturated carbocycles. The zero-order chi connectivity index (χ0) is 14.5. The van der Waals surface area contributed by atoms with Crippen LogP contribution in [0, 0.1) is 11.8 Å². The predicted octanol–water partition coefficient (Wildman–Crippen LogP) is 2.41. The van der Waals surface area contributed by atoms with Gasteiger partial charge in [-0.25, -0.2) is 0 Å². The second kappa shape index (κ2) is 7.21. The SMILES string of the molecule is CC(C)COC(=O)C1CCC(N2CCC(=O)CC2)CC1. The van der Waals surface area contributed by atoms with Gasteiger partial charge < -0.3 is 4.74 Å². The molecule has 4 heteroatoms. The van der Waals surface area contributed by atoms with Crippen LogP contribution in [0.3, 0.4) is 0 Å². The van der Waals surface area contributed by atoms with Crippen molar-refractivity contribution in [2.75, 3.05) is 19.7 Å². The first kappa shape index (κ1) is 15.5. The summed E-state index contributed by atoms with van der Waals surface area (Å²) in [6.07, 6.45) is 5.41. The van der Waals surface area contributed by atoms with Gasteiger partial charge in [-0.05, 0) is 31.6 Å². The van der Waals surface area contributed by atoms with Gasteiger partial charge >= 0.3 is 5.97 Å². The third kappa shape index (κ3) is 4.30. The fourth-order valence-corrected chi connectivity index (χ4v) is 3.18. The number of carbonyl (C=O) groups excluding carboxylic acids is 2. The van der Waals surface area contributed by atoms with Crippen LogP contribution in [0.25, 0.3) is 0 Å². The lowest BCUT2D eigenvalue weighted by molar-refractivity contribution is -0.151. The van der Waals surface area contributed by atoms with E-state index in [0.717, 1.165) is 38.8 Å². The van der Waals surface area contributed by atoms with E-state index in [2.05, 4.69) is 18.7 Å². The molecule has 0 radical (unpaired) electrons. The molecule has 1 heterocycles. The summed E-state index contributed by atoms with van der Waals surface area (Å²) in [7, 11) is 0. The molecule has 0 amide bonds. The van der Waals surface area contributed by atoms with Crippen LogP contribution in [-0.4, -0.2) is 42.4 Å². The molecule has 0 atom stereocenters. The average Bonchev–Trinajstić information content (AvgIpc) is 2.46. The first-order chi connectivity index (χ1) is 9.56. The van der Waals surface area contributed by atoms with E-state index in [9.17, 15) is 9.59 Å². The summed E-state index contributed by atoms with van der Waals surface area (Å²) >= 11 is 0. The van der Waals surface area contributed by atoms with Crippen LogP contribution in [0.4, 0.5) is 0 Å². The molecule has 0 aromatic heterocycles. The number of esters is 1. The Morgan fingerprint density at radius 1 is 1.20 bits per heavy atom. The second-order valence-corrected chi connectivity index (χ2v) is 6.60. The summed E-state index contributed by atoms with van der Waals surface area (Å²) in [6.45, 7) is 6.47. The Hall–Kier alpha value is -0.900. The number of ketones is 1. The lowest BCUT2D eigenvalue weighted by Crippen LogP contribution is -2.44. The summed E-state index contributed by atoms with van der Waals surface area (Å²) in [5.74, 6) is 0.885. The van der Waals surface area contributed by atoms with Crippen LogP contribution in [0.1, 0.15) is 52.4 Å². The molecular formula is C16H27NO3. The summed E-state index contributed by atoms with van der Waals surface area (Å²) in [5.41, 5.74) is 0. The van der Waals surface area contributed by atoms with Crippen molar-refractivity contribution in [2.45, 2.75) is 58.4 Å². The molecule has 0 bridgehead atoms. The molecule has 114 valence electrons. The molecule has 0 aromatic carbocycles. The molecule has 0 unspecified atom stereocenters. The van der Waals surface area contributed by atoms with Crippen molar-refractivity contribution in [2.24, 2.45) is 11.8 Å². The first-order valence-electron chi connectivity index (χ1n) is 7.98. The maximum atomic E-state index is 11.9. The number of nitrogens with zero attached hydrogens (tertiary/aromatic N) is 1. The van der Waals surface area contributed by atoms with E-state index in [1.165, 1.54) is 0 Å². The number of piperidine rings is 1. The van der Waals surface area contributed by atoms with Crippen LogP contribution < -0.4 is 0 Å². The van der Waals surface area contributed by atoms with Gasteiger partial charge in [-0.1, -0.05) is 13.8 Å². The molecule has 4 nitrogen and oxygen atoms in total. The predicted molar refractivity (Wildman–Crippen MR) is 77.4 cm³/mol. The summed E-state index contributed by atoms with van der Waals surface area (Å²) in [4.78, 5) is 25.7. The zero-order valence-electron chi connectivity index (χ0n) is 12.8. The highest BCUT2D eigenvalue weighted by atomic mass is 16.5. The van der Waals surface area contributed by atoms with Crippen molar-refractivity contribution < 1.29 is 14.3 Å². The highest BCUT2D eigenvalue weighted by molar-refractivity contribution is 5.79. The zero-order valence-corrected chi connectivity index (χ0v) is 12.8. The summed E-state index contributed by atoms with van der Waals surface area (Å²) < 4.78 is 5.34. The van der Waals surface area contributed by atoms with Gasteiger partial charge in [0, 0.05) is 32.0 Å². The van der Waals surface area contributed by atoms with Gasteiger partial charge in [0.25, 0.3) is 0 Å². The van der Waals surface area contributed by atoms with Gasteiger partial charge in [-0.15, -0.1) is 0 Å². The van der Waals surface area contributed by atoms with E-state index >= 15 is 0 Å². The molecular weight excluding hydrogens is 254 g/mol. The van der Waals surface area contributed by atoms with E-state index in [1.54, 1.807) is 0 Å². The Bertz CT molecular complexity index is 336. The second-order valence-electron chi connectivity index (χ2n) is 6.60. The number of carbonyl (C=O) groups is 2. The van der Waals surface area contributed by atoms with Crippen LogP contribution in [0.2, 0.25) is 0 Å². The van der Waals surface area contributed by atoms with Gasteiger partial charge in [-0.3, -0.25) is 14.5 Å². The van der Waals surface area contributed by atoms with Crippen LogP contribution >= 0.6 is 0 Å². The Morgan fingerprint density at radius 2 is 1.80 bits per heavy atom. The lowest BCUT2D eigenvalue weighted by Gasteiger charge is -2.38. The minimum Gasteiger partial charge on any atom is -0.465 e. The number of likely N-dealkylation sites (tertiary alicyclic amines) is 1. The van der Waals surface area contributed by atoms with E-state index in [-0.39, 0.29) is 11.9 Å². The Morgan fingerprint density at radius 3 is 2.35 bits per heavy atom. The fourth-order valence-electron chi connectivity index (χ4n) is 3.18. The molecule has 2 aliphatic rings. The molecule has 20 heavy (non-hydrogen) atoms. The highest BCUT2D eigenvalue weighted by Gasteiger charge is 2.31. The van der Waals surface area contributed by atoms with Gasteiger partial charge in [0.15, 0.2) is 0 Å². The number of ether oxygens (including phenoxy) is 1. The maximum absolute atomic E-state index is 11.9. The van der Waals surface area contributed by atoms with Crippen molar-refractivity contribution in [1.29, 1.82) is 0 Å². The van der Waals surface area contributed by atoms with Crippen molar-refractivity contribution in [1.82, 2.24) is 4.90 Å². The normalized spacial score (nSPS) is 28.6. The minimum absolute atomic E-state index is 0.00836. The third-order valence-corrected chi connectivity index (χ3v) is 4.46. The molecule has 1 aliphatic carbocycles. The fraction of sp³-hybridized carbons (Fsp3) is 0.875. The van der Waals surface area contributed by atoms with Crippen molar-refractivity contribution in [3.05, 3.63) is 0 Å². The van der Waals surface area contributed by atoms with Crippen molar-refractivity contribution in [3.8, 4) is 0 Å². The Kier molecular flexibility index (Phi) is 5.58. The quantitative estimate of drug-likeness (QED) is 0.742. The van der Waals surface area contributed by atoms with Crippen LogP contribution in [0.15, 0.2) is 0 Å². The molecule has 2 fully saturated rings. The number of Topliss-reactive ketones (excluding diaryl/α,β-unsaturated/α-hetero) is 1. The lowest BCUT2D eigenvalue weighted by atomic mass is 9.84. The summed E-state index contributed by atoms with van der Waals surface area (Å²) in [5, 5.41) is 0. The molecule has 0 N–H and O–H groups in total. The average molecular weight is 281 g/mol. The van der Waals surface area contributed by atoms with Crippen molar-refractivity contribution in [3.63, 3.8) is 0 Å². The highest BCUT2D eigenvalue weighted by Crippen LogP contribution is 2.29. The Balaban J connectivity index is 1.72. The van der Waals surface area contributed by atoms with E-state index in [1.807, 2.05) is 0 Å². The topological polar surface area (TPSA) is 46.6 Å². The maximum Gasteiger partial charge on any atom is 0.308 e. The molecule has 0 aromatic rings. The van der Waals surface area contributed by atoms with Gasteiger partial charge in [0.05, 0.1) is 12.5 Å². The van der Waals surface area contributed by atoms with Gasteiger partial charge in [0.1, 0.15) is 5.78 Å². The third-order valence-electron chi connectivity index (χ3n) is 4.46. The molecule has 1 aliphatic heterocycles. The number of hydrogen-bond acceptors (Lipinski definition) is 4. The monoisotopic (exact) mass is 281 g/mol. The van der Waals surface area contributed by atoms with E-state index < -0.39 is 0 Å². The molecule has 0 spiro atoms. The smallest absolute Gasteiger partial charge is 0.308 e. The van der Waals surface area contributed by atoms with Gasteiger partial charge in [-0.2, -0.15) is 0 Å². The van der Waals surface area contributed by atoms with Gasteiger partial charge in [0.2, 0.25) is 0 Å². The number of hydrogen-bond donors (Lipinski definition) is 0. The Labute approximate surface area is 121 Å². The minimum atomic E-state index is -0.00836. The standard InChI is InChI=1S/C16H27NO3/c1-12(2)11-20-16(19)13-3-5-14(6-4-13)17-9-7-15(18)8-10-17/h12-14H,3-11H2,1-2H3. The largest absolute Gasteiger partial charge is 0.465 e.